The van der Waals surface area contributed by atoms with E-state index < -0.39 is 0 Å². The molecular weight excluding hydrogens is 270 g/mol. The van der Waals surface area contributed by atoms with Gasteiger partial charge in [-0.3, -0.25) is 4.79 Å². The van der Waals surface area contributed by atoms with E-state index >= 15 is 0 Å². The molecule has 0 aromatic heterocycles. The zero-order valence-corrected chi connectivity index (χ0v) is 12.0. The van der Waals surface area contributed by atoms with Gasteiger partial charge in [-0.15, -0.1) is 0 Å². The van der Waals surface area contributed by atoms with E-state index in [-0.39, 0.29) is 17.9 Å². The first kappa shape index (κ1) is 14.3. The number of benzene rings is 1. The van der Waals surface area contributed by atoms with E-state index in [1.54, 1.807) is 0 Å². The number of rotatable bonds is 3. The van der Waals surface area contributed by atoms with Crippen LogP contribution < -0.4 is 16.0 Å². The van der Waals surface area contributed by atoms with Crippen molar-refractivity contribution in [3.63, 3.8) is 0 Å². The van der Waals surface area contributed by atoms with Crippen LogP contribution in [0.3, 0.4) is 0 Å². The second-order valence-corrected chi connectivity index (χ2v) is 5.41. The molecule has 1 aromatic carbocycles. The van der Waals surface area contributed by atoms with Crippen molar-refractivity contribution in [2.45, 2.75) is 6.04 Å². The summed E-state index contributed by atoms with van der Waals surface area (Å²) in [5.74, 6) is -0.344. The smallest absolute Gasteiger partial charge is 0.231 e. The highest BCUT2D eigenvalue weighted by Gasteiger charge is 2.31. The van der Waals surface area contributed by atoms with Gasteiger partial charge in [0, 0.05) is 19.1 Å². The summed E-state index contributed by atoms with van der Waals surface area (Å²) in [6, 6.07) is 7.62. The topological polar surface area (TPSA) is 76.8 Å². The molecule has 1 aromatic rings. The van der Waals surface area contributed by atoms with Crippen LogP contribution in [0.4, 0.5) is 11.4 Å². The number of hydrogen-bond donors (Lipinski definition) is 2. The Bertz CT molecular complexity index is 503. The Labute approximate surface area is 124 Å². The quantitative estimate of drug-likeness (QED) is 0.845. The molecule has 1 amide bonds. The van der Waals surface area contributed by atoms with Gasteiger partial charge in [0.2, 0.25) is 5.91 Å². The van der Waals surface area contributed by atoms with Gasteiger partial charge in [-0.25, -0.2) is 0 Å². The first-order valence-electron chi connectivity index (χ1n) is 7.31. The van der Waals surface area contributed by atoms with Crippen LogP contribution in [0, 0.1) is 5.92 Å². The Morgan fingerprint density at radius 1 is 1.19 bits per heavy atom. The van der Waals surface area contributed by atoms with Gasteiger partial charge in [-0.1, -0.05) is 12.1 Å². The summed E-state index contributed by atoms with van der Waals surface area (Å²) in [5.41, 5.74) is 7.75. The summed E-state index contributed by atoms with van der Waals surface area (Å²) in [4.78, 5) is 14.6. The Kier molecular flexibility index (Phi) is 4.38. The molecule has 2 atom stereocenters. The molecule has 0 aliphatic carbocycles. The van der Waals surface area contributed by atoms with Crippen LogP contribution in [0.15, 0.2) is 24.3 Å². The Morgan fingerprint density at radius 2 is 1.95 bits per heavy atom. The lowest BCUT2D eigenvalue weighted by atomic mass is 10.0. The third-order valence-electron chi connectivity index (χ3n) is 3.97. The van der Waals surface area contributed by atoms with Crippen LogP contribution in [-0.2, 0) is 14.3 Å². The van der Waals surface area contributed by atoms with Crippen molar-refractivity contribution in [3.8, 4) is 0 Å². The molecule has 2 saturated heterocycles. The highest BCUT2D eigenvalue weighted by atomic mass is 16.5. The van der Waals surface area contributed by atoms with Crippen molar-refractivity contribution in [2.24, 2.45) is 11.7 Å². The number of anilines is 2. The van der Waals surface area contributed by atoms with E-state index in [1.165, 1.54) is 0 Å². The molecule has 6 heteroatoms. The lowest BCUT2D eigenvalue weighted by Crippen LogP contribution is -2.39. The van der Waals surface area contributed by atoms with Gasteiger partial charge in [0.05, 0.1) is 43.7 Å². The Hall–Kier alpha value is -1.63. The Morgan fingerprint density at radius 3 is 2.67 bits per heavy atom. The lowest BCUT2D eigenvalue weighted by Gasteiger charge is -2.30. The summed E-state index contributed by atoms with van der Waals surface area (Å²) < 4.78 is 10.6. The minimum atomic E-state index is -0.275. The maximum absolute atomic E-state index is 12.3. The zero-order valence-electron chi connectivity index (χ0n) is 12.0. The van der Waals surface area contributed by atoms with Crippen LogP contribution in [0.5, 0.6) is 0 Å². The second kappa shape index (κ2) is 6.43. The minimum absolute atomic E-state index is 0.0688. The normalized spacial score (nSPS) is 25.9. The van der Waals surface area contributed by atoms with Crippen molar-refractivity contribution in [2.75, 3.05) is 49.7 Å². The maximum Gasteiger partial charge on any atom is 0.231 e. The minimum Gasteiger partial charge on any atom is -0.379 e. The number of para-hydroxylation sites is 2. The van der Waals surface area contributed by atoms with E-state index in [2.05, 4.69) is 10.2 Å². The van der Waals surface area contributed by atoms with Crippen molar-refractivity contribution >= 4 is 17.3 Å². The second-order valence-electron chi connectivity index (χ2n) is 5.41. The van der Waals surface area contributed by atoms with Gasteiger partial charge in [-0.05, 0) is 12.1 Å². The number of nitrogens with one attached hydrogen (secondary N) is 1. The molecule has 2 heterocycles. The number of morpholine rings is 1. The molecule has 6 nitrogen and oxygen atoms in total. The van der Waals surface area contributed by atoms with Gasteiger partial charge in [0.15, 0.2) is 0 Å². The summed E-state index contributed by atoms with van der Waals surface area (Å²) in [7, 11) is 0. The summed E-state index contributed by atoms with van der Waals surface area (Å²) in [6.45, 7) is 3.93. The van der Waals surface area contributed by atoms with Gasteiger partial charge in [0.1, 0.15) is 0 Å². The van der Waals surface area contributed by atoms with Gasteiger partial charge in [-0.2, -0.15) is 0 Å². The predicted molar refractivity (Wildman–Crippen MR) is 80.4 cm³/mol. The van der Waals surface area contributed by atoms with Crippen LogP contribution in [0.1, 0.15) is 0 Å². The average Bonchev–Trinajstić information content (AvgIpc) is 2.95. The fourth-order valence-electron chi connectivity index (χ4n) is 2.73. The molecule has 0 bridgehead atoms. The summed E-state index contributed by atoms with van der Waals surface area (Å²) >= 11 is 0. The zero-order chi connectivity index (χ0) is 14.7. The van der Waals surface area contributed by atoms with Crippen molar-refractivity contribution in [1.82, 2.24) is 0 Å². The van der Waals surface area contributed by atoms with E-state index in [1.807, 2.05) is 24.3 Å². The molecule has 114 valence electrons. The number of nitrogens with two attached hydrogens (primary N) is 1. The first-order chi connectivity index (χ1) is 10.3. The lowest BCUT2D eigenvalue weighted by molar-refractivity contribution is -0.120. The van der Waals surface area contributed by atoms with E-state index in [9.17, 15) is 4.79 Å². The highest BCUT2D eigenvalue weighted by molar-refractivity contribution is 5.96. The molecule has 2 aliphatic rings. The van der Waals surface area contributed by atoms with Crippen LogP contribution >= 0.6 is 0 Å². The first-order valence-corrected chi connectivity index (χ1v) is 7.31. The predicted octanol–water partition coefficient (Wildman–Crippen LogP) is 0.435. The highest BCUT2D eigenvalue weighted by Crippen LogP contribution is 2.27. The molecule has 2 fully saturated rings. The number of amides is 1. The van der Waals surface area contributed by atoms with Crippen molar-refractivity contribution in [1.29, 1.82) is 0 Å². The monoisotopic (exact) mass is 291 g/mol. The number of hydrogen-bond acceptors (Lipinski definition) is 5. The molecule has 2 aliphatic heterocycles. The third kappa shape index (κ3) is 3.18. The molecule has 3 rings (SSSR count). The van der Waals surface area contributed by atoms with E-state index in [4.69, 9.17) is 15.2 Å². The van der Waals surface area contributed by atoms with Crippen molar-refractivity contribution < 1.29 is 14.3 Å². The number of carbonyl (C=O) groups is 1. The molecule has 3 N–H and O–H groups in total. The number of nitrogens with zero attached hydrogens (tertiary/aromatic N) is 1. The average molecular weight is 291 g/mol. The van der Waals surface area contributed by atoms with Crippen molar-refractivity contribution in [3.05, 3.63) is 24.3 Å². The van der Waals surface area contributed by atoms with Crippen LogP contribution in [0.2, 0.25) is 0 Å². The van der Waals surface area contributed by atoms with Crippen LogP contribution in [-0.4, -0.2) is 51.5 Å². The number of carbonyl (C=O) groups excluding carboxylic acids is 1. The summed E-state index contributed by atoms with van der Waals surface area (Å²) in [5, 5.41) is 3.00. The molecule has 0 radical (unpaired) electrons. The number of ether oxygens (including phenoxy) is 2. The summed E-state index contributed by atoms with van der Waals surface area (Å²) in [6.07, 6.45) is 0. The molecule has 0 saturated carbocycles. The Balaban J connectivity index is 1.74. The van der Waals surface area contributed by atoms with Gasteiger partial charge >= 0.3 is 0 Å². The van der Waals surface area contributed by atoms with Gasteiger partial charge in [0.25, 0.3) is 0 Å². The molecule has 21 heavy (non-hydrogen) atoms. The largest absolute Gasteiger partial charge is 0.379 e. The SMILES string of the molecule is NC1COCC1C(=O)Nc1ccccc1N1CCOCC1. The maximum atomic E-state index is 12.3. The molecule has 0 spiro atoms. The van der Waals surface area contributed by atoms with Crippen LogP contribution in [0.25, 0.3) is 0 Å². The molecule has 2 unspecified atom stereocenters. The fraction of sp³-hybridized carbons (Fsp3) is 0.533. The standard InChI is InChI=1S/C15H21N3O3/c16-12-10-21-9-11(12)15(19)17-13-3-1-2-4-14(13)18-5-7-20-8-6-18/h1-4,11-12H,5-10,16H2,(H,17,19). The van der Waals surface area contributed by atoms with E-state index in [0.29, 0.717) is 26.4 Å². The molecular formula is C15H21N3O3. The van der Waals surface area contributed by atoms with Gasteiger partial charge < -0.3 is 25.4 Å². The third-order valence-corrected chi connectivity index (χ3v) is 3.97. The van der Waals surface area contributed by atoms with E-state index in [0.717, 1.165) is 24.5 Å². The fourth-order valence-corrected chi connectivity index (χ4v) is 2.73.